The molecule has 2 unspecified atom stereocenters. The monoisotopic (exact) mass is 242 g/mol. The van der Waals surface area contributed by atoms with E-state index in [2.05, 4.69) is 23.5 Å². The largest absolute Gasteiger partial charge is 0.497 e. The average Bonchev–Trinajstić information content (AvgIpc) is 2.46. The first kappa shape index (κ1) is 12.5. The molecule has 0 fully saturated rings. The molecule has 0 saturated carbocycles. The summed E-state index contributed by atoms with van der Waals surface area (Å²) in [4.78, 5) is 0. The van der Waals surface area contributed by atoms with Crippen molar-refractivity contribution in [2.45, 2.75) is 25.3 Å². The van der Waals surface area contributed by atoms with Crippen LogP contribution in [0.2, 0.25) is 0 Å². The van der Waals surface area contributed by atoms with Gasteiger partial charge in [0.2, 0.25) is 0 Å². The van der Waals surface area contributed by atoms with E-state index in [1.54, 1.807) is 7.11 Å². The number of rotatable bonds is 4. The van der Waals surface area contributed by atoms with Gasteiger partial charge < -0.3 is 10.1 Å². The second kappa shape index (κ2) is 6.11. The van der Waals surface area contributed by atoms with Gasteiger partial charge in [0.05, 0.1) is 13.2 Å². The fourth-order valence-corrected chi connectivity index (χ4v) is 2.27. The molecule has 0 spiro atoms. The maximum atomic E-state index is 9.30. The van der Waals surface area contributed by atoms with Gasteiger partial charge in [0.25, 0.3) is 0 Å². The number of hydrogen-bond donors (Lipinski definition) is 1. The molecular weight excluding hydrogens is 224 g/mol. The van der Waals surface area contributed by atoms with Crippen LogP contribution in [0.1, 0.15) is 19.3 Å². The average molecular weight is 242 g/mol. The maximum Gasteiger partial charge on any atom is 0.120 e. The standard InChI is InChI=1S/C15H18N2O/c1-18-14-9-5-8-13(10-14)17-15(11-16)12-6-3-2-4-7-12/h2-3,5,8-10,12,15,17H,4,6-7H2,1H3. The molecule has 18 heavy (non-hydrogen) atoms. The van der Waals surface area contributed by atoms with Crippen LogP contribution in [0.3, 0.4) is 0 Å². The molecule has 1 aromatic rings. The molecule has 1 aliphatic carbocycles. The number of allylic oxidation sites excluding steroid dienone is 2. The lowest BCUT2D eigenvalue weighted by molar-refractivity contribution is 0.414. The molecule has 1 N–H and O–H groups in total. The van der Waals surface area contributed by atoms with Crippen molar-refractivity contribution in [3.05, 3.63) is 36.4 Å². The fourth-order valence-electron chi connectivity index (χ4n) is 2.27. The van der Waals surface area contributed by atoms with E-state index in [4.69, 9.17) is 4.74 Å². The van der Waals surface area contributed by atoms with Gasteiger partial charge in [-0.1, -0.05) is 18.2 Å². The number of nitrogens with one attached hydrogen (secondary N) is 1. The summed E-state index contributed by atoms with van der Waals surface area (Å²) in [5.41, 5.74) is 0.940. The molecule has 0 radical (unpaired) electrons. The highest BCUT2D eigenvalue weighted by Crippen LogP contribution is 2.25. The Bertz CT molecular complexity index is 462. The van der Waals surface area contributed by atoms with Gasteiger partial charge in [0, 0.05) is 11.8 Å². The third-order valence-electron chi connectivity index (χ3n) is 3.31. The van der Waals surface area contributed by atoms with Gasteiger partial charge in [0.15, 0.2) is 0 Å². The van der Waals surface area contributed by atoms with Crippen molar-refractivity contribution in [2.24, 2.45) is 5.92 Å². The van der Waals surface area contributed by atoms with Crippen molar-refractivity contribution in [3.8, 4) is 11.8 Å². The summed E-state index contributed by atoms with van der Waals surface area (Å²) in [6.45, 7) is 0. The van der Waals surface area contributed by atoms with Gasteiger partial charge in [-0.05, 0) is 37.3 Å². The number of ether oxygens (including phenoxy) is 1. The van der Waals surface area contributed by atoms with Crippen molar-refractivity contribution in [1.82, 2.24) is 0 Å². The van der Waals surface area contributed by atoms with E-state index in [0.717, 1.165) is 30.7 Å². The molecule has 0 saturated heterocycles. The number of nitrogens with zero attached hydrogens (tertiary/aromatic N) is 1. The molecule has 0 amide bonds. The van der Waals surface area contributed by atoms with Gasteiger partial charge in [-0.25, -0.2) is 0 Å². The summed E-state index contributed by atoms with van der Waals surface area (Å²) < 4.78 is 5.18. The Morgan fingerprint density at radius 3 is 3.00 bits per heavy atom. The topological polar surface area (TPSA) is 45.0 Å². The minimum atomic E-state index is -0.137. The first-order valence-electron chi connectivity index (χ1n) is 6.28. The van der Waals surface area contributed by atoms with E-state index in [1.807, 2.05) is 24.3 Å². The van der Waals surface area contributed by atoms with Crippen LogP contribution in [0, 0.1) is 17.2 Å². The molecule has 0 aromatic heterocycles. The van der Waals surface area contributed by atoms with Crippen LogP contribution < -0.4 is 10.1 Å². The van der Waals surface area contributed by atoms with Gasteiger partial charge in [-0.15, -0.1) is 0 Å². The van der Waals surface area contributed by atoms with Crippen LogP contribution in [0.15, 0.2) is 36.4 Å². The number of nitriles is 1. The first-order valence-corrected chi connectivity index (χ1v) is 6.28. The second-order valence-corrected chi connectivity index (χ2v) is 4.53. The van der Waals surface area contributed by atoms with E-state index < -0.39 is 0 Å². The number of methoxy groups -OCH3 is 1. The Balaban J connectivity index is 2.05. The van der Waals surface area contributed by atoms with Crippen LogP contribution in [0.4, 0.5) is 5.69 Å². The number of hydrogen-bond acceptors (Lipinski definition) is 3. The van der Waals surface area contributed by atoms with Crippen molar-refractivity contribution >= 4 is 5.69 Å². The Kier molecular flexibility index (Phi) is 4.25. The molecule has 0 bridgehead atoms. The lowest BCUT2D eigenvalue weighted by Gasteiger charge is -2.24. The zero-order valence-corrected chi connectivity index (χ0v) is 10.6. The number of anilines is 1. The predicted octanol–water partition coefficient (Wildman–Crippen LogP) is 3.36. The van der Waals surface area contributed by atoms with Crippen LogP contribution in [0.5, 0.6) is 5.75 Å². The predicted molar refractivity (Wildman–Crippen MR) is 72.5 cm³/mol. The summed E-state index contributed by atoms with van der Waals surface area (Å²) in [6, 6.07) is 9.94. The van der Waals surface area contributed by atoms with Crippen molar-refractivity contribution in [3.63, 3.8) is 0 Å². The SMILES string of the molecule is COc1cccc(NC(C#N)C2CC=CCC2)c1. The molecule has 1 aliphatic rings. The fraction of sp³-hybridized carbons (Fsp3) is 0.400. The van der Waals surface area contributed by atoms with Gasteiger partial charge in [-0.2, -0.15) is 5.26 Å². The Morgan fingerprint density at radius 2 is 2.33 bits per heavy atom. The van der Waals surface area contributed by atoms with Crippen molar-refractivity contribution < 1.29 is 4.74 Å². The van der Waals surface area contributed by atoms with Gasteiger partial charge >= 0.3 is 0 Å². The van der Waals surface area contributed by atoms with E-state index >= 15 is 0 Å². The molecular formula is C15H18N2O. The zero-order chi connectivity index (χ0) is 12.8. The first-order chi connectivity index (χ1) is 8.83. The molecule has 94 valence electrons. The molecule has 0 aliphatic heterocycles. The highest BCUT2D eigenvalue weighted by atomic mass is 16.5. The summed E-state index contributed by atoms with van der Waals surface area (Å²) in [7, 11) is 1.65. The molecule has 3 heteroatoms. The quantitative estimate of drug-likeness (QED) is 0.823. The minimum absolute atomic E-state index is 0.137. The Labute approximate surface area is 108 Å². The highest BCUT2D eigenvalue weighted by Gasteiger charge is 2.21. The van der Waals surface area contributed by atoms with Crippen LogP contribution >= 0.6 is 0 Å². The Morgan fingerprint density at radius 1 is 1.44 bits per heavy atom. The van der Waals surface area contributed by atoms with Crippen molar-refractivity contribution in [2.75, 3.05) is 12.4 Å². The molecule has 2 rings (SSSR count). The van der Waals surface area contributed by atoms with E-state index in [-0.39, 0.29) is 6.04 Å². The third kappa shape index (κ3) is 3.04. The summed E-state index contributed by atoms with van der Waals surface area (Å²) >= 11 is 0. The van der Waals surface area contributed by atoms with Gasteiger partial charge in [-0.3, -0.25) is 0 Å². The van der Waals surface area contributed by atoms with Gasteiger partial charge in [0.1, 0.15) is 11.8 Å². The molecule has 2 atom stereocenters. The minimum Gasteiger partial charge on any atom is -0.497 e. The van der Waals surface area contributed by atoms with Crippen molar-refractivity contribution in [1.29, 1.82) is 5.26 Å². The summed E-state index contributed by atoms with van der Waals surface area (Å²) in [6.07, 6.45) is 7.49. The highest BCUT2D eigenvalue weighted by molar-refractivity contribution is 5.50. The number of benzene rings is 1. The third-order valence-corrected chi connectivity index (χ3v) is 3.31. The van der Waals surface area contributed by atoms with Crippen LogP contribution in [0.25, 0.3) is 0 Å². The van der Waals surface area contributed by atoms with Crippen LogP contribution in [-0.4, -0.2) is 13.2 Å². The van der Waals surface area contributed by atoms with E-state index in [9.17, 15) is 5.26 Å². The summed E-state index contributed by atoms with van der Waals surface area (Å²) in [5.74, 6) is 1.20. The smallest absolute Gasteiger partial charge is 0.120 e. The second-order valence-electron chi connectivity index (χ2n) is 4.53. The van der Waals surface area contributed by atoms with Crippen LogP contribution in [-0.2, 0) is 0 Å². The van der Waals surface area contributed by atoms with E-state index in [0.29, 0.717) is 5.92 Å². The van der Waals surface area contributed by atoms with E-state index in [1.165, 1.54) is 0 Å². The molecule has 3 nitrogen and oxygen atoms in total. The molecule has 1 aromatic carbocycles. The maximum absolute atomic E-state index is 9.30. The zero-order valence-electron chi connectivity index (χ0n) is 10.6. The summed E-state index contributed by atoms with van der Waals surface area (Å²) in [5, 5.41) is 12.6. The molecule has 0 heterocycles. The lowest BCUT2D eigenvalue weighted by atomic mass is 9.88. The normalized spacial score (nSPS) is 19.9. The Hall–Kier alpha value is -1.95. The lowest BCUT2D eigenvalue weighted by Crippen LogP contribution is -2.28.